The number of nitrogen functional groups attached to an aromatic ring is 1. The third kappa shape index (κ3) is 2.82. The van der Waals surface area contributed by atoms with E-state index in [4.69, 9.17) is 38.8 Å². The van der Waals surface area contributed by atoms with Crippen molar-refractivity contribution < 1.29 is 4.74 Å². The molecular weight excluding hydrogens is 409 g/mol. The van der Waals surface area contributed by atoms with E-state index in [1.807, 2.05) is 10.7 Å². The van der Waals surface area contributed by atoms with Gasteiger partial charge in [-0.1, -0.05) is 47.5 Å². The Morgan fingerprint density at radius 1 is 1.07 bits per heavy atom. The highest BCUT2D eigenvalue weighted by molar-refractivity contribution is 6.39. The maximum Gasteiger partial charge on any atom is 0.164 e. The minimum atomic E-state index is 0.144. The van der Waals surface area contributed by atoms with Crippen LogP contribution in [0.2, 0.25) is 10.0 Å². The number of nitrogens with zero attached hydrogens (tertiary/aromatic N) is 4. The summed E-state index contributed by atoms with van der Waals surface area (Å²) in [6, 6.07) is 12.1. The summed E-state index contributed by atoms with van der Waals surface area (Å²) in [5, 5.41) is 6.39. The highest BCUT2D eigenvalue weighted by atomic mass is 35.5. The summed E-state index contributed by atoms with van der Waals surface area (Å²) in [5.41, 5.74) is 10.9. The molecule has 146 valence electrons. The molecule has 6 nitrogen and oxygen atoms in total. The van der Waals surface area contributed by atoms with Gasteiger partial charge in [0.1, 0.15) is 17.8 Å². The summed E-state index contributed by atoms with van der Waals surface area (Å²) < 4.78 is 7.31. The third-order valence-corrected chi connectivity index (χ3v) is 6.07. The molecule has 0 fully saturated rings. The lowest BCUT2D eigenvalue weighted by atomic mass is 10.1. The van der Waals surface area contributed by atoms with Gasteiger partial charge in [-0.25, -0.2) is 14.6 Å². The lowest BCUT2D eigenvalue weighted by Gasteiger charge is -2.11. The van der Waals surface area contributed by atoms with Crippen LogP contribution in [0.1, 0.15) is 17.2 Å². The Hall–Kier alpha value is -2.83. The monoisotopic (exact) mass is 425 g/mol. The number of halogens is 2. The van der Waals surface area contributed by atoms with Crippen LogP contribution in [0.3, 0.4) is 0 Å². The Morgan fingerprint density at radius 2 is 1.79 bits per heavy atom. The summed E-state index contributed by atoms with van der Waals surface area (Å²) >= 11 is 12.8. The number of hydrogen-bond acceptors (Lipinski definition) is 5. The average molecular weight is 426 g/mol. The lowest BCUT2D eigenvalue weighted by molar-refractivity contribution is 0.415. The Morgan fingerprint density at radius 3 is 2.48 bits per heavy atom. The average Bonchev–Trinajstić information content (AvgIpc) is 3.31. The predicted octanol–water partition coefficient (Wildman–Crippen LogP) is 4.73. The number of anilines is 1. The molecule has 29 heavy (non-hydrogen) atoms. The van der Waals surface area contributed by atoms with Crippen LogP contribution >= 0.6 is 23.2 Å². The Labute approximate surface area is 177 Å². The summed E-state index contributed by atoms with van der Waals surface area (Å²) in [6.07, 6.45) is 3.23. The van der Waals surface area contributed by atoms with Crippen LogP contribution in [-0.4, -0.2) is 26.9 Å². The molecule has 0 bridgehead atoms. The van der Waals surface area contributed by atoms with E-state index in [0.717, 1.165) is 12.8 Å². The second-order valence-electron chi connectivity index (χ2n) is 7.02. The van der Waals surface area contributed by atoms with E-state index in [9.17, 15) is 0 Å². The molecule has 0 saturated carbocycles. The maximum absolute atomic E-state index is 6.60. The van der Waals surface area contributed by atoms with Gasteiger partial charge in [-0.15, -0.1) is 0 Å². The van der Waals surface area contributed by atoms with Gasteiger partial charge in [0, 0.05) is 5.56 Å². The molecule has 1 aliphatic carbocycles. The zero-order chi connectivity index (χ0) is 20.1. The van der Waals surface area contributed by atoms with Crippen molar-refractivity contribution in [2.24, 2.45) is 0 Å². The normalized spacial score (nSPS) is 13.8. The van der Waals surface area contributed by atoms with Crippen molar-refractivity contribution in [3.05, 3.63) is 63.9 Å². The Bertz CT molecular complexity index is 1230. The van der Waals surface area contributed by atoms with Crippen molar-refractivity contribution in [3.63, 3.8) is 0 Å². The molecule has 5 rings (SSSR count). The van der Waals surface area contributed by atoms with Crippen molar-refractivity contribution in [1.29, 1.82) is 0 Å². The molecule has 0 spiro atoms. The molecule has 2 aromatic carbocycles. The molecule has 2 N–H and O–H groups in total. The molecule has 0 radical (unpaired) electrons. The van der Waals surface area contributed by atoms with Gasteiger partial charge in [0.2, 0.25) is 0 Å². The van der Waals surface area contributed by atoms with Crippen LogP contribution in [0, 0.1) is 0 Å². The fourth-order valence-electron chi connectivity index (χ4n) is 4.05. The van der Waals surface area contributed by atoms with Crippen LogP contribution in [-0.2, 0) is 12.8 Å². The molecule has 0 atom stereocenters. The van der Waals surface area contributed by atoms with E-state index in [-0.39, 0.29) is 6.04 Å². The van der Waals surface area contributed by atoms with Gasteiger partial charge in [-0.05, 0) is 36.1 Å². The number of rotatable bonds is 3. The lowest BCUT2D eigenvalue weighted by Crippen LogP contribution is -2.11. The fraction of sp³-hybridized carbons (Fsp3) is 0.190. The third-order valence-electron chi connectivity index (χ3n) is 5.40. The molecule has 0 aliphatic heterocycles. The molecule has 2 aromatic heterocycles. The first kappa shape index (κ1) is 18.2. The summed E-state index contributed by atoms with van der Waals surface area (Å²) in [6.45, 7) is 0. The van der Waals surface area contributed by atoms with Gasteiger partial charge in [0.15, 0.2) is 11.4 Å². The van der Waals surface area contributed by atoms with Crippen LogP contribution in [0.5, 0.6) is 5.75 Å². The molecule has 0 saturated heterocycles. The van der Waals surface area contributed by atoms with Crippen molar-refractivity contribution >= 4 is 40.1 Å². The smallest absolute Gasteiger partial charge is 0.164 e. The van der Waals surface area contributed by atoms with Crippen molar-refractivity contribution in [2.75, 3.05) is 12.8 Å². The van der Waals surface area contributed by atoms with E-state index >= 15 is 0 Å². The van der Waals surface area contributed by atoms with E-state index in [1.54, 1.807) is 6.07 Å². The molecule has 0 unspecified atom stereocenters. The van der Waals surface area contributed by atoms with Gasteiger partial charge in [0.05, 0.1) is 28.6 Å². The second-order valence-corrected chi connectivity index (χ2v) is 7.81. The van der Waals surface area contributed by atoms with Crippen LogP contribution in [0.4, 0.5) is 5.82 Å². The molecule has 1 aliphatic rings. The zero-order valence-corrected chi connectivity index (χ0v) is 17.1. The molecular formula is C21H17Cl2N5O. The minimum Gasteiger partial charge on any atom is -0.494 e. The number of aromatic nitrogens is 4. The fourth-order valence-corrected chi connectivity index (χ4v) is 4.66. The minimum absolute atomic E-state index is 0.144. The Balaban J connectivity index is 1.71. The molecule has 2 heterocycles. The SMILES string of the molecule is COc1c(Cl)ccc(-c2nn(C3Cc4ccccc4C3)c3ncnc(N)c23)c1Cl. The van der Waals surface area contributed by atoms with Gasteiger partial charge < -0.3 is 10.5 Å². The van der Waals surface area contributed by atoms with Gasteiger partial charge in [-0.2, -0.15) is 5.10 Å². The topological polar surface area (TPSA) is 78.8 Å². The first-order valence-electron chi connectivity index (χ1n) is 9.16. The van der Waals surface area contributed by atoms with Crippen molar-refractivity contribution in [2.45, 2.75) is 18.9 Å². The number of benzene rings is 2. The Kier molecular flexibility index (Phi) is 4.33. The van der Waals surface area contributed by atoms with E-state index in [1.165, 1.54) is 24.6 Å². The number of hydrogen-bond donors (Lipinski definition) is 1. The highest BCUT2D eigenvalue weighted by Crippen LogP contribution is 2.43. The summed E-state index contributed by atoms with van der Waals surface area (Å²) in [5.74, 6) is 0.758. The van der Waals surface area contributed by atoms with Crippen LogP contribution in [0.25, 0.3) is 22.3 Å². The summed E-state index contributed by atoms with van der Waals surface area (Å²) in [7, 11) is 1.53. The van der Waals surface area contributed by atoms with Crippen LogP contribution < -0.4 is 10.5 Å². The molecule has 8 heteroatoms. The largest absolute Gasteiger partial charge is 0.494 e. The highest BCUT2D eigenvalue weighted by Gasteiger charge is 2.28. The first-order chi connectivity index (χ1) is 14.1. The molecule has 0 amide bonds. The second kappa shape index (κ2) is 6.90. The van der Waals surface area contributed by atoms with Crippen LogP contribution in [0.15, 0.2) is 42.7 Å². The van der Waals surface area contributed by atoms with Gasteiger partial charge in [0.25, 0.3) is 0 Å². The van der Waals surface area contributed by atoms with E-state index in [2.05, 4.69) is 34.2 Å². The zero-order valence-electron chi connectivity index (χ0n) is 15.6. The van der Waals surface area contributed by atoms with Gasteiger partial charge in [-0.3, -0.25) is 0 Å². The maximum atomic E-state index is 6.60. The quantitative estimate of drug-likeness (QED) is 0.513. The van der Waals surface area contributed by atoms with E-state index < -0.39 is 0 Å². The first-order valence-corrected chi connectivity index (χ1v) is 9.92. The molecule has 4 aromatic rings. The van der Waals surface area contributed by atoms with Crippen molar-refractivity contribution in [3.8, 4) is 17.0 Å². The number of methoxy groups -OCH3 is 1. The number of nitrogens with two attached hydrogens (primary N) is 1. The number of fused-ring (bicyclic) bond motifs is 2. The number of ether oxygens (including phenoxy) is 1. The van der Waals surface area contributed by atoms with E-state index in [0.29, 0.717) is 43.9 Å². The predicted molar refractivity (Wildman–Crippen MR) is 115 cm³/mol. The standard InChI is InChI=1S/C21H17Cl2N5O/c1-29-19-15(22)7-6-14(17(19)23)18-16-20(24)25-10-26-21(16)28(27-18)13-8-11-4-2-3-5-12(11)9-13/h2-7,10,13H,8-9H2,1H3,(H2,24,25,26). The van der Waals surface area contributed by atoms with Gasteiger partial charge >= 0.3 is 0 Å². The summed E-state index contributed by atoms with van der Waals surface area (Å²) in [4.78, 5) is 8.67. The van der Waals surface area contributed by atoms with Crippen molar-refractivity contribution in [1.82, 2.24) is 19.7 Å².